The van der Waals surface area contributed by atoms with E-state index in [0.29, 0.717) is 11.8 Å². The molecule has 1 saturated carbocycles. The molecule has 0 heterocycles. The fourth-order valence-electron chi connectivity index (χ4n) is 3.26. The molecule has 1 atom stereocenters. The van der Waals surface area contributed by atoms with Crippen molar-refractivity contribution >= 4 is 0 Å². The molecular formula is C18H28FN. The lowest BCUT2D eigenvalue weighted by atomic mass is 9.76. The molecule has 1 unspecified atom stereocenters. The first kappa shape index (κ1) is 15.5. The van der Waals surface area contributed by atoms with E-state index in [-0.39, 0.29) is 11.4 Å². The summed E-state index contributed by atoms with van der Waals surface area (Å²) in [5.74, 6) is 0.880. The summed E-state index contributed by atoms with van der Waals surface area (Å²) in [6, 6.07) is 7.32. The fourth-order valence-corrected chi connectivity index (χ4v) is 3.26. The summed E-state index contributed by atoms with van der Waals surface area (Å²) in [6.45, 7) is 7.39. The van der Waals surface area contributed by atoms with Crippen LogP contribution in [0.3, 0.4) is 0 Å². The van der Waals surface area contributed by atoms with E-state index >= 15 is 0 Å². The van der Waals surface area contributed by atoms with E-state index in [1.165, 1.54) is 32.1 Å². The van der Waals surface area contributed by atoms with Crippen molar-refractivity contribution < 1.29 is 4.39 Å². The highest BCUT2D eigenvalue weighted by atomic mass is 19.1. The summed E-state index contributed by atoms with van der Waals surface area (Å²) in [7, 11) is 0. The van der Waals surface area contributed by atoms with Gasteiger partial charge in [0, 0.05) is 18.0 Å². The van der Waals surface area contributed by atoms with E-state index in [9.17, 15) is 4.39 Å². The lowest BCUT2D eigenvalue weighted by Crippen LogP contribution is -2.40. The van der Waals surface area contributed by atoms with E-state index in [4.69, 9.17) is 0 Å². The molecule has 1 aliphatic carbocycles. The van der Waals surface area contributed by atoms with E-state index in [0.717, 1.165) is 12.1 Å². The van der Waals surface area contributed by atoms with E-state index in [2.05, 4.69) is 26.1 Å². The van der Waals surface area contributed by atoms with Gasteiger partial charge < -0.3 is 5.32 Å². The van der Waals surface area contributed by atoms with Crippen LogP contribution in [-0.4, -0.2) is 12.1 Å². The summed E-state index contributed by atoms with van der Waals surface area (Å²) in [5, 5.41) is 3.58. The van der Waals surface area contributed by atoms with Crippen LogP contribution in [0.5, 0.6) is 0 Å². The summed E-state index contributed by atoms with van der Waals surface area (Å²) in [4.78, 5) is 0. The Balaban J connectivity index is 2.17. The monoisotopic (exact) mass is 277 g/mol. The molecule has 0 aromatic heterocycles. The highest BCUT2D eigenvalue weighted by molar-refractivity contribution is 5.23. The van der Waals surface area contributed by atoms with Gasteiger partial charge in [0.1, 0.15) is 5.82 Å². The maximum Gasteiger partial charge on any atom is 0.126 e. The van der Waals surface area contributed by atoms with Gasteiger partial charge in [0.15, 0.2) is 0 Å². The number of rotatable bonds is 4. The van der Waals surface area contributed by atoms with Crippen molar-refractivity contribution in [2.75, 3.05) is 6.54 Å². The molecule has 1 nitrogen and oxygen atoms in total. The zero-order chi connectivity index (χ0) is 14.6. The molecule has 2 heteroatoms. The van der Waals surface area contributed by atoms with Gasteiger partial charge in [-0.1, -0.05) is 37.5 Å². The third-order valence-corrected chi connectivity index (χ3v) is 4.38. The van der Waals surface area contributed by atoms with Crippen molar-refractivity contribution in [3.05, 3.63) is 35.6 Å². The average Bonchev–Trinajstić information content (AvgIpc) is 2.41. The van der Waals surface area contributed by atoms with Gasteiger partial charge in [-0.2, -0.15) is 0 Å². The number of hydrogen-bond donors (Lipinski definition) is 1. The molecule has 1 N–H and O–H groups in total. The number of halogens is 1. The maximum absolute atomic E-state index is 14.2. The second-order valence-electron chi connectivity index (χ2n) is 7.16. The average molecular weight is 277 g/mol. The topological polar surface area (TPSA) is 12.0 Å². The molecule has 20 heavy (non-hydrogen) atoms. The number of benzene rings is 1. The summed E-state index contributed by atoms with van der Waals surface area (Å²) in [6.07, 6.45) is 6.42. The Morgan fingerprint density at radius 2 is 1.80 bits per heavy atom. The predicted molar refractivity (Wildman–Crippen MR) is 83.5 cm³/mol. The Morgan fingerprint density at radius 1 is 1.15 bits per heavy atom. The van der Waals surface area contributed by atoms with Crippen LogP contribution < -0.4 is 5.32 Å². The van der Waals surface area contributed by atoms with Gasteiger partial charge in [-0.3, -0.25) is 0 Å². The highest BCUT2D eigenvalue weighted by Gasteiger charge is 2.27. The molecule has 0 saturated heterocycles. The molecule has 1 aliphatic rings. The molecule has 112 valence electrons. The first-order valence-electron chi connectivity index (χ1n) is 7.97. The molecule has 1 fully saturated rings. The Bertz CT molecular complexity index is 416. The Labute approximate surface area is 123 Å². The normalized spacial score (nSPS) is 19.0. The van der Waals surface area contributed by atoms with Gasteiger partial charge in [0.25, 0.3) is 0 Å². The van der Waals surface area contributed by atoms with Crippen LogP contribution in [0.25, 0.3) is 0 Å². The van der Waals surface area contributed by atoms with Crippen molar-refractivity contribution in [2.45, 2.75) is 64.3 Å². The minimum Gasteiger partial charge on any atom is -0.311 e. The van der Waals surface area contributed by atoms with Crippen LogP contribution in [0, 0.1) is 11.7 Å². The lowest BCUT2D eigenvalue weighted by molar-refractivity contribution is 0.275. The Kier molecular flexibility index (Phi) is 5.20. The third kappa shape index (κ3) is 4.31. The smallest absolute Gasteiger partial charge is 0.126 e. The first-order chi connectivity index (χ1) is 9.47. The van der Waals surface area contributed by atoms with Gasteiger partial charge in [-0.05, 0) is 51.2 Å². The second-order valence-corrected chi connectivity index (χ2v) is 7.16. The molecule has 0 spiro atoms. The number of hydrogen-bond acceptors (Lipinski definition) is 1. The van der Waals surface area contributed by atoms with Gasteiger partial charge in [0.2, 0.25) is 0 Å². The lowest BCUT2D eigenvalue weighted by Gasteiger charge is -2.33. The van der Waals surface area contributed by atoms with Crippen LogP contribution in [0.1, 0.15) is 64.4 Å². The maximum atomic E-state index is 14.2. The summed E-state index contributed by atoms with van der Waals surface area (Å²) in [5.41, 5.74) is 0.981. The quantitative estimate of drug-likeness (QED) is 0.827. The number of nitrogens with one attached hydrogen (secondary N) is 1. The molecular weight excluding hydrogens is 249 g/mol. The van der Waals surface area contributed by atoms with E-state index in [1.54, 1.807) is 12.1 Å². The Morgan fingerprint density at radius 3 is 2.40 bits per heavy atom. The highest BCUT2D eigenvalue weighted by Crippen LogP contribution is 2.36. The summed E-state index contributed by atoms with van der Waals surface area (Å²) >= 11 is 0. The van der Waals surface area contributed by atoms with Crippen LogP contribution in [0.4, 0.5) is 4.39 Å². The van der Waals surface area contributed by atoms with Crippen LogP contribution in [0.2, 0.25) is 0 Å². The van der Waals surface area contributed by atoms with Gasteiger partial charge in [-0.25, -0.2) is 4.39 Å². The van der Waals surface area contributed by atoms with Crippen molar-refractivity contribution in [1.82, 2.24) is 5.32 Å². The minimum atomic E-state index is -0.0428. The molecule has 2 rings (SSSR count). The fraction of sp³-hybridized carbons (Fsp3) is 0.667. The van der Waals surface area contributed by atoms with Crippen molar-refractivity contribution in [3.63, 3.8) is 0 Å². The standard InChI is InChI=1S/C18H28FN/c1-18(2,3)20-13-16(14-9-5-4-6-10-14)15-11-7-8-12-17(15)19/h7-8,11-12,14,16,20H,4-6,9-10,13H2,1-3H3. The van der Waals surface area contributed by atoms with Crippen LogP contribution in [-0.2, 0) is 0 Å². The molecule has 0 bridgehead atoms. The molecule has 1 aromatic rings. The van der Waals surface area contributed by atoms with Gasteiger partial charge in [0.05, 0.1) is 0 Å². The van der Waals surface area contributed by atoms with Crippen molar-refractivity contribution in [1.29, 1.82) is 0 Å². The third-order valence-electron chi connectivity index (χ3n) is 4.38. The van der Waals surface area contributed by atoms with Crippen LogP contribution >= 0.6 is 0 Å². The van der Waals surface area contributed by atoms with Gasteiger partial charge in [-0.15, -0.1) is 0 Å². The zero-order valence-corrected chi connectivity index (χ0v) is 13.1. The minimum absolute atomic E-state index is 0.0428. The van der Waals surface area contributed by atoms with Crippen LogP contribution in [0.15, 0.2) is 24.3 Å². The molecule has 1 aromatic carbocycles. The molecule has 0 amide bonds. The van der Waals surface area contributed by atoms with E-state index < -0.39 is 0 Å². The Hall–Kier alpha value is -0.890. The predicted octanol–water partition coefficient (Wildman–Crippen LogP) is 4.88. The van der Waals surface area contributed by atoms with Crippen molar-refractivity contribution in [2.24, 2.45) is 5.92 Å². The SMILES string of the molecule is CC(C)(C)NCC(c1ccccc1F)C1CCCCC1. The molecule has 0 aliphatic heterocycles. The summed E-state index contributed by atoms with van der Waals surface area (Å²) < 4.78 is 14.2. The molecule has 0 radical (unpaired) electrons. The largest absolute Gasteiger partial charge is 0.311 e. The van der Waals surface area contributed by atoms with E-state index in [1.807, 2.05) is 12.1 Å². The second kappa shape index (κ2) is 6.71. The van der Waals surface area contributed by atoms with Gasteiger partial charge >= 0.3 is 0 Å². The first-order valence-corrected chi connectivity index (χ1v) is 7.97. The van der Waals surface area contributed by atoms with Crippen molar-refractivity contribution in [3.8, 4) is 0 Å². The zero-order valence-electron chi connectivity index (χ0n) is 13.1.